The second kappa shape index (κ2) is 6.53. The summed E-state index contributed by atoms with van der Waals surface area (Å²) in [5.74, 6) is -0.389. The first-order valence-electron chi connectivity index (χ1n) is 7.16. The minimum absolute atomic E-state index is 0.193. The van der Waals surface area contributed by atoms with E-state index in [2.05, 4.69) is 9.97 Å². The smallest absolute Gasteiger partial charge is 0.321 e. The van der Waals surface area contributed by atoms with Crippen LogP contribution in [0.25, 0.3) is 0 Å². The third-order valence-corrected chi connectivity index (χ3v) is 3.71. The van der Waals surface area contributed by atoms with Gasteiger partial charge in [-0.15, -0.1) is 0 Å². The minimum Gasteiger partial charge on any atom is -0.480 e. The van der Waals surface area contributed by atoms with Crippen molar-refractivity contribution in [2.75, 3.05) is 6.54 Å². The third-order valence-electron chi connectivity index (χ3n) is 3.71. The van der Waals surface area contributed by atoms with E-state index in [1.54, 1.807) is 12.4 Å². The Labute approximate surface area is 128 Å². The van der Waals surface area contributed by atoms with Crippen LogP contribution < -0.4 is 4.74 Å². The Balaban J connectivity index is 1.68. The van der Waals surface area contributed by atoms with Crippen LogP contribution in [0.1, 0.15) is 12.0 Å². The van der Waals surface area contributed by atoms with E-state index in [1.807, 2.05) is 35.2 Å². The van der Waals surface area contributed by atoms with Gasteiger partial charge in [-0.1, -0.05) is 30.3 Å². The van der Waals surface area contributed by atoms with Crippen molar-refractivity contribution in [3.63, 3.8) is 0 Å². The first-order valence-corrected chi connectivity index (χ1v) is 7.16. The van der Waals surface area contributed by atoms with E-state index in [0.717, 1.165) is 5.56 Å². The average Bonchev–Trinajstić information content (AvgIpc) is 2.92. The molecule has 1 N–H and O–H groups in total. The molecule has 6 heteroatoms. The van der Waals surface area contributed by atoms with Crippen LogP contribution in [0.15, 0.2) is 48.9 Å². The van der Waals surface area contributed by atoms with Gasteiger partial charge in [0.2, 0.25) is 5.88 Å². The number of hydrogen-bond donors (Lipinski definition) is 1. The van der Waals surface area contributed by atoms with E-state index >= 15 is 0 Å². The molecule has 6 nitrogen and oxygen atoms in total. The second-order valence-corrected chi connectivity index (χ2v) is 5.29. The summed E-state index contributed by atoms with van der Waals surface area (Å²) in [4.78, 5) is 21.4. The first kappa shape index (κ1) is 14.5. The topological polar surface area (TPSA) is 75.5 Å². The fourth-order valence-corrected chi connectivity index (χ4v) is 2.71. The largest absolute Gasteiger partial charge is 0.480 e. The molecule has 1 fully saturated rings. The zero-order valence-electron chi connectivity index (χ0n) is 12.0. The Morgan fingerprint density at radius 2 is 2.14 bits per heavy atom. The molecule has 1 saturated heterocycles. The van der Waals surface area contributed by atoms with Crippen LogP contribution in [0.2, 0.25) is 0 Å². The number of nitrogens with zero attached hydrogens (tertiary/aromatic N) is 3. The number of rotatable bonds is 5. The molecule has 0 bridgehead atoms. The van der Waals surface area contributed by atoms with Crippen molar-refractivity contribution in [1.82, 2.24) is 14.9 Å². The van der Waals surface area contributed by atoms with Crippen LogP contribution in [0, 0.1) is 0 Å². The van der Waals surface area contributed by atoms with Crippen LogP contribution >= 0.6 is 0 Å². The van der Waals surface area contributed by atoms with Gasteiger partial charge in [0.25, 0.3) is 0 Å². The Bertz CT molecular complexity index is 621. The number of aromatic nitrogens is 2. The zero-order chi connectivity index (χ0) is 15.4. The van der Waals surface area contributed by atoms with Gasteiger partial charge in [-0.2, -0.15) is 0 Å². The Morgan fingerprint density at radius 3 is 2.82 bits per heavy atom. The van der Waals surface area contributed by atoms with E-state index in [9.17, 15) is 9.90 Å². The summed E-state index contributed by atoms with van der Waals surface area (Å²) in [6.07, 6.45) is 4.92. The molecule has 0 radical (unpaired) electrons. The van der Waals surface area contributed by atoms with E-state index in [4.69, 9.17) is 4.74 Å². The van der Waals surface area contributed by atoms with Gasteiger partial charge in [0.05, 0.1) is 6.20 Å². The van der Waals surface area contributed by atoms with Crippen LogP contribution in [-0.2, 0) is 11.3 Å². The summed E-state index contributed by atoms with van der Waals surface area (Å²) >= 11 is 0. The molecule has 2 atom stereocenters. The van der Waals surface area contributed by atoms with Gasteiger partial charge in [-0.05, 0) is 5.56 Å². The molecule has 0 aliphatic carbocycles. The lowest BCUT2D eigenvalue weighted by Crippen LogP contribution is -2.35. The fourth-order valence-electron chi connectivity index (χ4n) is 2.71. The molecule has 0 unspecified atom stereocenters. The molecular weight excluding hydrogens is 282 g/mol. The number of ether oxygens (including phenoxy) is 1. The number of carboxylic acids is 1. The molecule has 2 aromatic rings. The van der Waals surface area contributed by atoms with E-state index in [-0.39, 0.29) is 6.10 Å². The standard InChI is InChI=1S/C16H17N3O3/c20-16(21)14-8-13(22-15-9-17-6-7-18-15)11-19(14)10-12-4-2-1-3-5-12/h1-7,9,13-14H,8,10-11H2,(H,20,21)/t13-,14+/m1/s1. The SMILES string of the molecule is O=C(O)[C@@H]1C[C@@H](Oc2cnccn2)CN1Cc1ccccc1. The van der Waals surface area contributed by atoms with Crippen LogP contribution in [-0.4, -0.2) is 44.6 Å². The number of benzene rings is 1. The summed E-state index contributed by atoms with van der Waals surface area (Å²) in [5, 5.41) is 9.42. The highest BCUT2D eigenvalue weighted by atomic mass is 16.5. The second-order valence-electron chi connectivity index (χ2n) is 5.29. The molecule has 1 aliphatic heterocycles. The van der Waals surface area contributed by atoms with Crippen LogP contribution in [0.4, 0.5) is 0 Å². The summed E-state index contributed by atoms with van der Waals surface area (Å²) in [6, 6.07) is 9.30. The van der Waals surface area contributed by atoms with Crippen molar-refractivity contribution >= 4 is 5.97 Å². The van der Waals surface area contributed by atoms with E-state index in [1.165, 1.54) is 6.20 Å². The molecule has 1 aliphatic rings. The maximum Gasteiger partial charge on any atom is 0.321 e. The van der Waals surface area contributed by atoms with Crippen molar-refractivity contribution in [3.05, 3.63) is 54.5 Å². The van der Waals surface area contributed by atoms with Gasteiger partial charge in [0.1, 0.15) is 12.1 Å². The highest BCUT2D eigenvalue weighted by Crippen LogP contribution is 2.24. The van der Waals surface area contributed by atoms with E-state index in [0.29, 0.717) is 25.4 Å². The summed E-state index contributed by atoms with van der Waals surface area (Å²) in [7, 11) is 0. The predicted molar refractivity (Wildman–Crippen MR) is 79.3 cm³/mol. The van der Waals surface area contributed by atoms with Gasteiger partial charge < -0.3 is 9.84 Å². The molecule has 114 valence electrons. The van der Waals surface area contributed by atoms with Crippen molar-refractivity contribution in [2.45, 2.75) is 25.1 Å². The highest BCUT2D eigenvalue weighted by molar-refractivity contribution is 5.74. The lowest BCUT2D eigenvalue weighted by atomic mass is 10.2. The molecule has 0 amide bonds. The van der Waals surface area contributed by atoms with Crippen molar-refractivity contribution in [2.24, 2.45) is 0 Å². The van der Waals surface area contributed by atoms with Gasteiger partial charge in [-0.3, -0.25) is 14.7 Å². The predicted octanol–water partition coefficient (Wildman–Crippen LogP) is 1.58. The molecule has 3 rings (SSSR count). The lowest BCUT2D eigenvalue weighted by Gasteiger charge is -2.20. The number of carbonyl (C=O) groups is 1. The first-order chi connectivity index (χ1) is 10.7. The maximum atomic E-state index is 11.5. The molecular formula is C16H17N3O3. The summed E-state index contributed by atoms with van der Waals surface area (Å²) < 4.78 is 5.75. The van der Waals surface area contributed by atoms with Crippen molar-refractivity contribution < 1.29 is 14.6 Å². The number of aliphatic carboxylic acids is 1. The van der Waals surface area contributed by atoms with Crippen LogP contribution in [0.5, 0.6) is 5.88 Å². The molecule has 1 aromatic heterocycles. The van der Waals surface area contributed by atoms with Crippen molar-refractivity contribution in [3.8, 4) is 5.88 Å². The van der Waals surface area contributed by atoms with Gasteiger partial charge >= 0.3 is 5.97 Å². The molecule has 2 heterocycles. The summed E-state index contributed by atoms with van der Waals surface area (Å²) in [5.41, 5.74) is 1.09. The summed E-state index contributed by atoms with van der Waals surface area (Å²) in [6.45, 7) is 1.15. The quantitative estimate of drug-likeness (QED) is 0.903. The Morgan fingerprint density at radius 1 is 1.32 bits per heavy atom. The average molecular weight is 299 g/mol. The Hall–Kier alpha value is -2.47. The molecule has 22 heavy (non-hydrogen) atoms. The molecule has 0 spiro atoms. The van der Waals surface area contributed by atoms with Crippen molar-refractivity contribution in [1.29, 1.82) is 0 Å². The van der Waals surface area contributed by atoms with E-state index < -0.39 is 12.0 Å². The van der Waals surface area contributed by atoms with Gasteiger partial charge in [0.15, 0.2) is 0 Å². The molecule has 1 aromatic carbocycles. The van der Waals surface area contributed by atoms with Gasteiger partial charge in [-0.25, -0.2) is 4.98 Å². The maximum absolute atomic E-state index is 11.5. The molecule has 0 saturated carbocycles. The number of hydrogen-bond acceptors (Lipinski definition) is 5. The van der Waals surface area contributed by atoms with Gasteiger partial charge in [0, 0.05) is 31.9 Å². The minimum atomic E-state index is -0.818. The zero-order valence-corrected chi connectivity index (χ0v) is 12.0. The number of likely N-dealkylation sites (tertiary alicyclic amines) is 1. The van der Waals surface area contributed by atoms with Crippen LogP contribution in [0.3, 0.4) is 0 Å². The Kier molecular flexibility index (Phi) is 4.29. The lowest BCUT2D eigenvalue weighted by molar-refractivity contribution is -0.142. The fraction of sp³-hybridized carbons (Fsp3) is 0.312. The highest BCUT2D eigenvalue weighted by Gasteiger charge is 2.38. The normalized spacial score (nSPS) is 21.6. The number of carboxylic acid groups (broad SMARTS) is 1. The monoisotopic (exact) mass is 299 g/mol. The third kappa shape index (κ3) is 3.40.